The van der Waals surface area contributed by atoms with E-state index < -0.39 is 0 Å². The molecule has 2 fully saturated rings. The number of nitrogens with zero attached hydrogens (tertiary/aromatic N) is 2. The van der Waals surface area contributed by atoms with E-state index in [-0.39, 0.29) is 5.92 Å². The fraction of sp³-hybridized carbons (Fsp3) is 0.688. The molecule has 20 heavy (non-hydrogen) atoms. The summed E-state index contributed by atoms with van der Waals surface area (Å²) < 4.78 is 0. The Balaban J connectivity index is 1.59. The van der Waals surface area contributed by atoms with E-state index in [9.17, 15) is 4.79 Å². The molecule has 0 N–H and O–H groups in total. The first kappa shape index (κ1) is 14.1. The maximum atomic E-state index is 12.3. The molecule has 0 spiro atoms. The van der Waals surface area contributed by atoms with Gasteiger partial charge in [0.05, 0.1) is 0 Å². The predicted molar refractivity (Wildman–Crippen MR) is 82.7 cm³/mol. The zero-order valence-electron chi connectivity index (χ0n) is 12.4. The third kappa shape index (κ3) is 2.77. The second kappa shape index (κ2) is 5.86. The highest BCUT2D eigenvalue weighted by molar-refractivity contribution is 7.09. The predicted octanol–water partition coefficient (Wildman–Crippen LogP) is 2.83. The van der Waals surface area contributed by atoms with Crippen molar-refractivity contribution in [1.82, 2.24) is 9.80 Å². The molecule has 2 atom stereocenters. The third-order valence-electron chi connectivity index (χ3n) is 4.66. The summed E-state index contributed by atoms with van der Waals surface area (Å²) in [5, 5.41) is 2.15. The van der Waals surface area contributed by atoms with Crippen LogP contribution in [0, 0.1) is 11.8 Å². The Morgan fingerprint density at radius 3 is 2.95 bits per heavy atom. The minimum absolute atomic E-state index is 0.137. The Hall–Kier alpha value is -0.870. The van der Waals surface area contributed by atoms with E-state index >= 15 is 0 Å². The van der Waals surface area contributed by atoms with Gasteiger partial charge in [0.1, 0.15) is 0 Å². The van der Waals surface area contributed by atoms with Gasteiger partial charge in [-0.05, 0) is 30.2 Å². The number of hydrogen-bond acceptors (Lipinski definition) is 3. The molecular formula is C16H24N2OS. The van der Waals surface area contributed by atoms with Crippen molar-refractivity contribution in [3.8, 4) is 0 Å². The maximum Gasteiger partial charge on any atom is 0.225 e. The smallest absolute Gasteiger partial charge is 0.225 e. The van der Waals surface area contributed by atoms with Crippen LogP contribution in [0.25, 0.3) is 0 Å². The van der Waals surface area contributed by atoms with Crippen molar-refractivity contribution >= 4 is 17.2 Å². The van der Waals surface area contributed by atoms with E-state index in [4.69, 9.17) is 0 Å². The van der Waals surface area contributed by atoms with E-state index in [1.165, 1.54) is 11.3 Å². The van der Waals surface area contributed by atoms with Crippen LogP contribution in [-0.2, 0) is 11.3 Å². The molecule has 1 aromatic heterocycles. The average Bonchev–Trinajstić information content (AvgIpc) is 3.06. The fourth-order valence-corrected chi connectivity index (χ4v) is 4.38. The Morgan fingerprint density at radius 1 is 1.40 bits per heavy atom. The Labute approximate surface area is 125 Å². The molecule has 1 aromatic rings. The SMILES string of the molecule is CC(C)C(=O)N1CCC2CN(Cc3cccs3)CCC21. The molecule has 1 amide bonds. The van der Waals surface area contributed by atoms with Gasteiger partial charge in [-0.3, -0.25) is 9.69 Å². The molecule has 0 bridgehead atoms. The number of hydrogen-bond donors (Lipinski definition) is 0. The standard InChI is InChI=1S/C16H24N2OS/c1-12(2)16(19)18-8-5-13-10-17(7-6-15(13)18)11-14-4-3-9-20-14/h3-4,9,12-13,15H,5-8,10-11H2,1-2H3. The molecule has 2 saturated heterocycles. The van der Waals surface area contributed by atoms with Crippen LogP contribution < -0.4 is 0 Å². The Morgan fingerprint density at radius 2 is 2.25 bits per heavy atom. The number of amides is 1. The summed E-state index contributed by atoms with van der Waals surface area (Å²) in [6.07, 6.45) is 2.33. The molecule has 3 heterocycles. The molecule has 2 aliphatic rings. The van der Waals surface area contributed by atoms with Gasteiger partial charge < -0.3 is 4.90 Å². The topological polar surface area (TPSA) is 23.6 Å². The number of rotatable bonds is 3. The molecule has 0 radical (unpaired) electrons. The molecule has 3 nitrogen and oxygen atoms in total. The van der Waals surface area contributed by atoms with Gasteiger partial charge in [0.25, 0.3) is 0 Å². The second-order valence-electron chi connectivity index (χ2n) is 6.41. The van der Waals surface area contributed by atoms with Crippen LogP contribution in [0.3, 0.4) is 0 Å². The molecule has 4 heteroatoms. The highest BCUT2D eigenvalue weighted by atomic mass is 32.1. The van der Waals surface area contributed by atoms with Crippen LogP contribution in [0.5, 0.6) is 0 Å². The minimum Gasteiger partial charge on any atom is -0.339 e. The van der Waals surface area contributed by atoms with Crippen molar-refractivity contribution in [2.75, 3.05) is 19.6 Å². The molecule has 0 aliphatic carbocycles. The van der Waals surface area contributed by atoms with Crippen molar-refractivity contribution in [2.24, 2.45) is 11.8 Å². The van der Waals surface area contributed by atoms with Crippen molar-refractivity contribution < 1.29 is 4.79 Å². The minimum atomic E-state index is 0.137. The summed E-state index contributed by atoms with van der Waals surface area (Å²) >= 11 is 1.84. The first-order valence-corrected chi connectivity index (χ1v) is 8.58. The molecular weight excluding hydrogens is 268 g/mol. The van der Waals surface area contributed by atoms with Crippen LogP contribution >= 0.6 is 11.3 Å². The lowest BCUT2D eigenvalue weighted by Gasteiger charge is -2.38. The monoisotopic (exact) mass is 292 g/mol. The zero-order valence-corrected chi connectivity index (χ0v) is 13.2. The van der Waals surface area contributed by atoms with Gasteiger partial charge in [0.15, 0.2) is 0 Å². The summed E-state index contributed by atoms with van der Waals surface area (Å²) in [5.41, 5.74) is 0. The number of likely N-dealkylation sites (tertiary alicyclic amines) is 2. The van der Waals surface area contributed by atoms with Crippen LogP contribution in [0.4, 0.5) is 0 Å². The number of piperidine rings is 1. The fourth-order valence-electron chi connectivity index (χ4n) is 3.63. The summed E-state index contributed by atoms with van der Waals surface area (Å²) in [6.45, 7) is 8.37. The summed E-state index contributed by atoms with van der Waals surface area (Å²) in [5.74, 6) is 1.17. The van der Waals surface area contributed by atoms with Crippen LogP contribution in [0.2, 0.25) is 0 Å². The van der Waals surface area contributed by atoms with E-state index in [1.54, 1.807) is 0 Å². The highest BCUT2D eigenvalue weighted by Gasteiger charge is 2.40. The van der Waals surface area contributed by atoms with E-state index in [0.29, 0.717) is 17.9 Å². The average molecular weight is 292 g/mol. The van der Waals surface area contributed by atoms with Gasteiger partial charge in [0, 0.05) is 43.0 Å². The molecule has 2 aliphatic heterocycles. The number of carbonyl (C=O) groups is 1. The largest absolute Gasteiger partial charge is 0.339 e. The van der Waals surface area contributed by atoms with Gasteiger partial charge >= 0.3 is 0 Å². The van der Waals surface area contributed by atoms with Gasteiger partial charge in [-0.2, -0.15) is 0 Å². The van der Waals surface area contributed by atoms with E-state index in [0.717, 1.165) is 32.6 Å². The summed E-state index contributed by atoms with van der Waals surface area (Å²) in [6, 6.07) is 4.86. The van der Waals surface area contributed by atoms with Crippen molar-refractivity contribution in [2.45, 2.75) is 39.3 Å². The first-order valence-electron chi connectivity index (χ1n) is 7.70. The lowest BCUT2D eigenvalue weighted by Crippen LogP contribution is -2.48. The van der Waals surface area contributed by atoms with Gasteiger partial charge in [-0.15, -0.1) is 11.3 Å². The number of carbonyl (C=O) groups excluding carboxylic acids is 1. The van der Waals surface area contributed by atoms with Crippen LogP contribution in [0.15, 0.2) is 17.5 Å². The van der Waals surface area contributed by atoms with Gasteiger partial charge in [-0.25, -0.2) is 0 Å². The molecule has 0 saturated carbocycles. The summed E-state index contributed by atoms with van der Waals surface area (Å²) in [4.78, 5) is 18.4. The Kier molecular flexibility index (Phi) is 4.13. The lowest BCUT2D eigenvalue weighted by atomic mass is 9.92. The van der Waals surface area contributed by atoms with Crippen molar-refractivity contribution in [3.05, 3.63) is 22.4 Å². The highest BCUT2D eigenvalue weighted by Crippen LogP contribution is 2.33. The third-order valence-corrected chi connectivity index (χ3v) is 5.52. The lowest BCUT2D eigenvalue weighted by molar-refractivity contribution is -0.136. The normalized spacial score (nSPS) is 27.1. The first-order chi connectivity index (χ1) is 9.65. The summed E-state index contributed by atoms with van der Waals surface area (Å²) in [7, 11) is 0. The van der Waals surface area contributed by atoms with Crippen molar-refractivity contribution in [1.29, 1.82) is 0 Å². The van der Waals surface area contributed by atoms with Crippen LogP contribution in [-0.4, -0.2) is 41.4 Å². The molecule has 3 rings (SSSR count). The van der Waals surface area contributed by atoms with E-state index in [1.807, 2.05) is 25.2 Å². The number of thiophene rings is 1. The Bertz CT molecular complexity index is 457. The molecule has 2 unspecified atom stereocenters. The molecule has 0 aromatic carbocycles. The van der Waals surface area contributed by atoms with E-state index in [2.05, 4.69) is 27.3 Å². The van der Waals surface area contributed by atoms with Gasteiger partial charge in [-0.1, -0.05) is 19.9 Å². The van der Waals surface area contributed by atoms with Crippen molar-refractivity contribution in [3.63, 3.8) is 0 Å². The van der Waals surface area contributed by atoms with Gasteiger partial charge in [0.2, 0.25) is 5.91 Å². The van der Waals surface area contributed by atoms with Crippen LogP contribution in [0.1, 0.15) is 31.6 Å². The maximum absolute atomic E-state index is 12.3. The zero-order chi connectivity index (χ0) is 14.1. The number of fused-ring (bicyclic) bond motifs is 1. The molecule has 110 valence electrons. The second-order valence-corrected chi connectivity index (χ2v) is 7.44. The quantitative estimate of drug-likeness (QED) is 0.855.